The van der Waals surface area contributed by atoms with Crippen molar-refractivity contribution in [3.8, 4) is 0 Å². The van der Waals surface area contributed by atoms with Gasteiger partial charge in [0.25, 0.3) is 0 Å². The van der Waals surface area contributed by atoms with Crippen molar-refractivity contribution in [1.82, 2.24) is 21.3 Å². The van der Waals surface area contributed by atoms with Gasteiger partial charge in [0.15, 0.2) is 0 Å². The van der Waals surface area contributed by atoms with Crippen LogP contribution in [0.3, 0.4) is 0 Å². The van der Waals surface area contributed by atoms with E-state index in [1.807, 2.05) is 6.20 Å². The molecule has 0 fully saturated rings. The Bertz CT molecular complexity index is 737. The normalized spacial score (nSPS) is 20.3. The first-order valence-electron chi connectivity index (χ1n) is 9.93. The van der Waals surface area contributed by atoms with Crippen molar-refractivity contribution in [2.24, 2.45) is 5.92 Å². The standard InChI is InChI=1S/C23H32F2N4/c1-5-22(28-15-19-20(24)8-7-9-21(19)25)27-13-16(3)10-11-18-12-17(4)14-29-23(18)26-6-2/h5-9,13-14,18,22-23,26-29H,1-2,10-12,15H2,3-4H3/b16-13+. The summed E-state index contributed by atoms with van der Waals surface area (Å²) in [6, 6.07) is 3.87. The zero-order chi connectivity index (χ0) is 21.2. The molecule has 0 radical (unpaired) electrons. The van der Waals surface area contributed by atoms with Gasteiger partial charge in [-0.15, -0.1) is 0 Å². The summed E-state index contributed by atoms with van der Waals surface area (Å²) in [6.45, 7) is 11.8. The highest BCUT2D eigenvalue weighted by atomic mass is 19.1. The van der Waals surface area contributed by atoms with Gasteiger partial charge in [0.2, 0.25) is 0 Å². The van der Waals surface area contributed by atoms with Crippen molar-refractivity contribution in [3.63, 3.8) is 0 Å². The molecule has 1 aromatic rings. The molecule has 1 heterocycles. The van der Waals surface area contributed by atoms with Crippen molar-refractivity contribution in [2.75, 3.05) is 0 Å². The molecule has 3 atom stereocenters. The summed E-state index contributed by atoms with van der Waals surface area (Å²) in [5, 5.41) is 12.9. The fourth-order valence-corrected chi connectivity index (χ4v) is 3.38. The van der Waals surface area contributed by atoms with Crippen LogP contribution < -0.4 is 21.3 Å². The van der Waals surface area contributed by atoms with Crippen molar-refractivity contribution in [2.45, 2.75) is 52.0 Å². The second kappa shape index (κ2) is 11.4. The van der Waals surface area contributed by atoms with Crippen LogP contribution in [0.5, 0.6) is 0 Å². The summed E-state index contributed by atoms with van der Waals surface area (Å²) in [5.41, 5.74) is 2.56. The molecule has 1 aliphatic rings. The van der Waals surface area contributed by atoms with Crippen molar-refractivity contribution < 1.29 is 8.78 Å². The molecule has 0 saturated heterocycles. The van der Waals surface area contributed by atoms with E-state index in [0.29, 0.717) is 5.92 Å². The zero-order valence-corrected chi connectivity index (χ0v) is 17.3. The Labute approximate surface area is 172 Å². The highest BCUT2D eigenvalue weighted by Gasteiger charge is 2.23. The van der Waals surface area contributed by atoms with E-state index >= 15 is 0 Å². The van der Waals surface area contributed by atoms with Crippen LogP contribution in [0.1, 0.15) is 38.7 Å². The lowest BCUT2D eigenvalue weighted by Crippen LogP contribution is -2.45. The third-order valence-corrected chi connectivity index (χ3v) is 5.08. The molecule has 4 N–H and O–H groups in total. The largest absolute Gasteiger partial charge is 0.373 e. The molecule has 0 aromatic heterocycles. The highest BCUT2D eigenvalue weighted by molar-refractivity contribution is 5.19. The van der Waals surface area contributed by atoms with Gasteiger partial charge in [0.05, 0.1) is 12.3 Å². The van der Waals surface area contributed by atoms with Gasteiger partial charge in [-0.2, -0.15) is 0 Å². The third kappa shape index (κ3) is 7.06. The van der Waals surface area contributed by atoms with E-state index < -0.39 is 11.6 Å². The van der Waals surface area contributed by atoms with E-state index in [-0.39, 0.29) is 24.4 Å². The van der Waals surface area contributed by atoms with Crippen LogP contribution in [0.2, 0.25) is 0 Å². The molecule has 0 amide bonds. The van der Waals surface area contributed by atoms with Crippen LogP contribution in [-0.2, 0) is 6.54 Å². The Morgan fingerprint density at radius 2 is 2.03 bits per heavy atom. The minimum atomic E-state index is -0.555. The van der Waals surface area contributed by atoms with Crippen molar-refractivity contribution >= 4 is 0 Å². The average Bonchev–Trinajstić information content (AvgIpc) is 2.70. The molecule has 0 bridgehead atoms. The van der Waals surface area contributed by atoms with E-state index in [4.69, 9.17) is 0 Å². The molecule has 2 rings (SSSR count). The van der Waals surface area contributed by atoms with Gasteiger partial charge in [-0.1, -0.05) is 36.4 Å². The van der Waals surface area contributed by atoms with Crippen LogP contribution in [-0.4, -0.2) is 12.3 Å². The number of allylic oxidation sites excluding steroid dienone is 2. The Morgan fingerprint density at radius 3 is 2.69 bits per heavy atom. The van der Waals surface area contributed by atoms with E-state index in [0.717, 1.165) is 19.3 Å². The van der Waals surface area contributed by atoms with Crippen LogP contribution in [0, 0.1) is 17.6 Å². The topological polar surface area (TPSA) is 48.1 Å². The number of hydrogen-bond donors (Lipinski definition) is 4. The minimum absolute atomic E-state index is 0.0239. The fourth-order valence-electron chi connectivity index (χ4n) is 3.38. The minimum Gasteiger partial charge on any atom is -0.373 e. The summed E-state index contributed by atoms with van der Waals surface area (Å²) in [4.78, 5) is 0. The number of hydrogen-bond acceptors (Lipinski definition) is 4. The summed E-state index contributed by atoms with van der Waals surface area (Å²) in [7, 11) is 0. The Balaban J connectivity index is 1.84. The van der Waals surface area contributed by atoms with Crippen LogP contribution in [0.4, 0.5) is 8.78 Å². The van der Waals surface area contributed by atoms with E-state index in [9.17, 15) is 8.78 Å². The van der Waals surface area contributed by atoms with Crippen LogP contribution >= 0.6 is 0 Å². The molecule has 29 heavy (non-hydrogen) atoms. The Kier molecular flexibility index (Phi) is 8.93. The predicted octanol–water partition coefficient (Wildman–Crippen LogP) is 4.41. The predicted molar refractivity (Wildman–Crippen MR) is 115 cm³/mol. The number of halogens is 2. The molecule has 6 heteroatoms. The van der Waals surface area contributed by atoms with E-state index in [2.05, 4.69) is 54.5 Å². The summed E-state index contributed by atoms with van der Waals surface area (Å²) in [5.74, 6) is -0.640. The molecule has 4 nitrogen and oxygen atoms in total. The quantitative estimate of drug-likeness (QED) is 0.327. The smallest absolute Gasteiger partial charge is 0.130 e. The number of nitrogens with one attached hydrogen (secondary N) is 4. The van der Waals surface area contributed by atoms with E-state index in [1.165, 1.54) is 29.3 Å². The van der Waals surface area contributed by atoms with Crippen LogP contribution in [0.15, 0.2) is 67.2 Å². The molecule has 1 aromatic carbocycles. The molecule has 0 spiro atoms. The first kappa shape index (κ1) is 22.7. The van der Waals surface area contributed by atoms with Gasteiger partial charge < -0.3 is 16.0 Å². The molecule has 0 saturated carbocycles. The summed E-state index contributed by atoms with van der Waals surface area (Å²) in [6.07, 6.45) is 10.3. The lowest BCUT2D eigenvalue weighted by atomic mass is 9.89. The lowest BCUT2D eigenvalue weighted by Gasteiger charge is -2.32. The third-order valence-electron chi connectivity index (χ3n) is 5.08. The molecular weight excluding hydrogens is 370 g/mol. The Hall–Kier alpha value is -2.60. The first-order chi connectivity index (χ1) is 13.9. The zero-order valence-electron chi connectivity index (χ0n) is 17.3. The van der Waals surface area contributed by atoms with Crippen molar-refractivity contribution in [1.29, 1.82) is 0 Å². The van der Waals surface area contributed by atoms with Gasteiger partial charge in [-0.05, 0) is 63.8 Å². The molecular formula is C23H32F2N4. The van der Waals surface area contributed by atoms with Crippen LogP contribution in [0.25, 0.3) is 0 Å². The molecule has 0 aliphatic carbocycles. The Morgan fingerprint density at radius 1 is 1.31 bits per heavy atom. The maximum absolute atomic E-state index is 13.8. The summed E-state index contributed by atoms with van der Waals surface area (Å²) < 4.78 is 27.5. The molecule has 3 unspecified atom stereocenters. The SMILES string of the molecule is C=CNC1NC=C(C)CC1CC/C(C)=C/NC(C=C)NCc1c(F)cccc1F. The fraction of sp³-hybridized carbons (Fsp3) is 0.391. The van der Waals surface area contributed by atoms with Gasteiger partial charge in [-0.25, -0.2) is 8.78 Å². The monoisotopic (exact) mass is 402 g/mol. The molecule has 1 aliphatic heterocycles. The highest BCUT2D eigenvalue weighted by Crippen LogP contribution is 2.24. The van der Waals surface area contributed by atoms with Gasteiger partial charge in [0.1, 0.15) is 11.6 Å². The van der Waals surface area contributed by atoms with E-state index in [1.54, 1.807) is 12.3 Å². The van der Waals surface area contributed by atoms with Gasteiger partial charge >= 0.3 is 0 Å². The summed E-state index contributed by atoms with van der Waals surface area (Å²) >= 11 is 0. The van der Waals surface area contributed by atoms with Gasteiger partial charge in [0, 0.05) is 18.0 Å². The first-order valence-corrected chi connectivity index (χ1v) is 9.93. The number of benzene rings is 1. The lowest BCUT2D eigenvalue weighted by molar-refractivity contribution is 0.312. The number of rotatable bonds is 11. The molecule has 158 valence electrons. The van der Waals surface area contributed by atoms with Gasteiger partial charge in [-0.3, -0.25) is 5.32 Å². The van der Waals surface area contributed by atoms with Crippen molar-refractivity contribution in [3.05, 3.63) is 84.4 Å². The maximum Gasteiger partial charge on any atom is 0.130 e. The second-order valence-electron chi connectivity index (χ2n) is 7.46. The maximum atomic E-state index is 13.8. The average molecular weight is 403 g/mol. The second-order valence-corrected chi connectivity index (χ2v) is 7.46.